The quantitative estimate of drug-likeness (QED) is 0.493. The number of aromatic nitrogens is 4. The van der Waals surface area contributed by atoms with Gasteiger partial charge in [0.15, 0.2) is 0 Å². The Kier molecular flexibility index (Phi) is 8.59. The van der Waals surface area contributed by atoms with Gasteiger partial charge >= 0.3 is 5.97 Å². The van der Waals surface area contributed by atoms with E-state index < -0.39 is 5.97 Å². The van der Waals surface area contributed by atoms with Crippen LogP contribution >= 0.6 is 0 Å². The highest BCUT2D eigenvalue weighted by molar-refractivity contribution is 5.84. The van der Waals surface area contributed by atoms with E-state index in [-0.39, 0.29) is 5.82 Å². The van der Waals surface area contributed by atoms with Gasteiger partial charge in [-0.3, -0.25) is 0 Å². The molecule has 1 N–H and O–H groups in total. The number of ether oxygens (including phenoxy) is 1. The van der Waals surface area contributed by atoms with E-state index in [0.717, 1.165) is 12.8 Å². The van der Waals surface area contributed by atoms with Crippen molar-refractivity contribution in [1.29, 1.82) is 0 Å². The van der Waals surface area contributed by atoms with Gasteiger partial charge in [0.05, 0.1) is 6.61 Å². The van der Waals surface area contributed by atoms with Gasteiger partial charge in [-0.25, -0.2) is 4.79 Å². The molecule has 0 saturated carbocycles. The zero-order valence-corrected chi connectivity index (χ0v) is 11.7. The molecule has 19 heavy (non-hydrogen) atoms. The lowest BCUT2D eigenvalue weighted by Gasteiger charge is -2.03. The summed E-state index contributed by atoms with van der Waals surface area (Å²) in [5.41, 5.74) is 0. The molecule has 0 aliphatic carbocycles. The summed E-state index contributed by atoms with van der Waals surface area (Å²) in [7, 11) is 0. The van der Waals surface area contributed by atoms with Crippen LogP contribution in [0.25, 0.3) is 0 Å². The molecule has 108 valence electrons. The molecule has 0 aliphatic heterocycles. The summed E-state index contributed by atoms with van der Waals surface area (Å²) in [4.78, 5) is 11.3. The van der Waals surface area contributed by atoms with Crippen molar-refractivity contribution < 1.29 is 9.53 Å². The second-order valence-corrected chi connectivity index (χ2v) is 4.70. The van der Waals surface area contributed by atoms with Crippen LogP contribution in [0.2, 0.25) is 0 Å². The summed E-state index contributed by atoms with van der Waals surface area (Å²) in [6, 6.07) is 0. The summed E-state index contributed by atoms with van der Waals surface area (Å²) in [5, 5.41) is 12.6. The third-order valence-corrected chi connectivity index (χ3v) is 3.01. The van der Waals surface area contributed by atoms with Crippen LogP contribution in [-0.2, 0) is 4.74 Å². The normalized spacial score (nSPS) is 10.6. The van der Waals surface area contributed by atoms with Crippen molar-refractivity contribution in [3.63, 3.8) is 0 Å². The molecule has 0 atom stereocenters. The maximum Gasteiger partial charge on any atom is 0.380 e. The largest absolute Gasteiger partial charge is 0.460 e. The number of H-pyrrole nitrogens is 1. The van der Waals surface area contributed by atoms with E-state index in [1.54, 1.807) is 0 Å². The molecule has 1 rings (SSSR count). The fourth-order valence-electron chi connectivity index (χ4n) is 1.89. The smallest absolute Gasteiger partial charge is 0.380 e. The number of hydrogen-bond acceptors (Lipinski definition) is 5. The maximum absolute atomic E-state index is 11.3. The van der Waals surface area contributed by atoms with E-state index in [1.807, 2.05) is 0 Å². The summed E-state index contributed by atoms with van der Waals surface area (Å²) >= 11 is 0. The molecular formula is C13H24N4O2. The lowest BCUT2D eigenvalue weighted by atomic mass is 10.1. The Morgan fingerprint density at radius 3 is 2.26 bits per heavy atom. The highest BCUT2D eigenvalue weighted by atomic mass is 16.5. The van der Waals surface area contributed by atoms with E-state index in [4.69, 9.17) is 4.74 Å². The number of hydrogen-bond donors (Lipinski definition) is 1. The van der Waals surface area contributed by atoms with Crippen molar-refractivity contribution in [2.24, 2.45) is 0 Å². The van der Waals surface area contributed by atoms with Crippen LogP contribution in [0, 0.1) is 0 Å². The van der Waals surface area contributed by atoms with Gasteiger partial charge in [-0.05, 0) is 11.6 Å². The number of esters is 1. The standard InChI is InChI=1S/C13H24N4O2/c1-2-3-4-5-6-7-8-9-10-11-19-13(18)12-14-16-17-15-12/h2-11H2,1H3,(H,14,15,16,17). The topological polar surface area (TPSA) is 80.8 Å². The Morgan fingerprint density at radius 2 is 1.68 bits per heavy atom. The molecule has 0 aromatic carbocycles. The van der Waals surface area contributed by atoms with Crippen molar-refractivity contribution in [2.45, 2.75) is 64.7 Å². The maximum atomic E-state index is 11.3. The van der Waals surface area contributed by atoms with Gasteiger partial charge < -0.3 is 4.74 Å². The second kappa shape index (κ2) is 10.5. The molecular weight excluding hydrogens is 244 g/mol. The van der Waals surface area contributed by atoms with E-state index in [9.17, 15) is 4.79 Å². The summed E-state index contributed by atoms with van der Waals surface area (Å²) in [6.45, 7) is 2.67. The van der Waals surface area contributed by atoms with Gasteiger partial charge in [-0.2, -0.15) is 5.21 Å². The van der Waals surface area contributed by atoms with Crippen LogP contribution in [0.4, 0.5) is 0 Å². The number of nitrogens with one attached hydrogen (secondary N) is 1. The van der Waals surface area contributed by atoms with Crippen LogP contribution in [0.5, 0.6) is 0 Å². The van der Waals surface area contributed by atoms with E-state index in [2.05, 4.69) is 27.5 Å². The number of nitrogens with zero attached hydrogens (tertiary/aromatic N) is 3. The Hall–Kier alpha value is -1.46. The second-order valence-electron chi connectivity index (χ2n) is 4.70. The predicted molar refractivity (Wildman–Crippen MR) is 71.7 cm³/mol. The Labute approximate surface area is 114 Å². The summed E-state index contributed by atoms with van der Waals surface area (Å²) in [6.07, 6.45) is 11.2. The van der Waals surface area contributed by atoms with Crippen LogP contribution in [0.1, 0.15) is 75.3 Å². The van der Waals surface area contributed by atoms with E-state index >= 15 is 0 Å². The highest BCUT2D eigenvalue weighted by Gasteiger charge is 2.11. The van der Waals surface area contributed by atoms with Gasteiger partial charge in [0, 0.05) is 0 Å². The first-order valence-electron chi connectivity index (χ1n) is 7.25. The molecule has 0 bridgehead atoms. The predicted octanol–water partition coefficient (Wildman–Crippen LogP) is 2.89. The first-order valence-corrected chi connectivity index (χ1v) is 7.25. The van der Waals surface area contributed by atoms with Crippen molar-refractivity contribution >= 4 is 5.97 Å². The molecule has 0 saturated heterocycles. The van der Waals surface area contributed by atoms with Crippen LogP contribution in [0.3, 0.4) is 0 Å². The molecule has 0 amide bonds. The molecule has 0 spiro atoms. The molecule has 0 aliphatic rings. The number of unbranched alkanes of at least 4 members (excludes halogenated alkanes) is 8. The van der Waals surface area contributed by atoms with Gasteiger partial charge in [0.25, 0.3) is 5.82 Å². The Morgan fingerprint density at radius 1 is 1.05 bits per heavy atom. The first kappa shape index (κ1) is 15.6. The van der Waals surface area contributed by atoms with Crippen molar-refractivity contribution in [1.82, 2.24) is 20.6 Å². The van der Waals surface area contributed by atoms with Crippen LogP contribution in [-0.4, -0.2) is 33.2 Å². The number of carbonyl (C=O) groups excluding carboxylic acids is 1. The number of rotatable bonds is 11. The van der Waals surface area contributed by atoms with Crippen LogP contribution < -0.4 is 0 Å². The number of tetrazole rings is 1. The molecule has 0 fully saturated rings. The zero-order valence-electron chi connectivity index (χ0n) is 11.7. The first-order chi connectivity index (χ1) is 9.34. The minimum atomic E-state index is -0.506. The SMILES string of the molecule is CCCCCCCCCCCOC(=O)c1nn[nH]n1. The lowest BCUT2D eigenvalue weighted by Crippen LogP contribution is -2.08. The van der Waals surface area contributed by atoms with Crippen LogP contribution in [0.15, 0.2) is 0 Å². The average molecular weight is 268 g/mol. The molecule has 6 heteroatoms. The molecule has 1 aromatic heterocycles. The fraction of sp³-hybridized carbons (Fsp3) is 0.846. The van der Waals surface area contributed by atoms with Gasteiger partial charge in [0.2, 0.25) is 0 Å². The Balaban J connectivity index is 1.85. The lowest BCUT2D eigenvalue weighted by molar-refractivity contribution is 0.0483. The molecule has 6 nitrogen and oxygen atoms in total. The molecule has 1 aromatic rings. The monoisotopic (exact) mass is 268 g/mol. The Bertz CT molecular complexity index is 327. The van der Waals surface area contributed by atoms with Crippen molar-refractivity contribution in [3.05, 3.63) is 5.82 Å². The minimum absolute atomic E-state index is 0.00377. The van der Waals surface area contributed by atoms with Gasteiger partial charge in [0.1, 0.15) is 0 Å². The van der Waals surface area contributed by atoms with Crippen molar-refractivity contribution in [2.75, 3.05) is 6.61 Å². The van der Waals surface area contributed by atoms with Gasteiger partial charge in [-0.15, -0.1) is 10.2 Å². The third-order valence-electron chi connectivity index (χ3n) is 3.01. The molecule has 0 unspecified atom stereocenters. The highest BCUT2D eigenvalue weighted by Crippen LogP contribution is 2.09. The number of aromatic amines is 1. The van der Waals surface area contributed by atoms with Crippen molar-refractivity contribution in [3.8, 4) is 0 Å². The fourth-order valence-corrected chi connectivity index (χ4v) is 1.89. The van der Waals surface area contributed by atoms with E-state index in [0.29, 0.717) is 6.61 Å². The molecule has 1 heterocycles. The minimum Gasteiger partial charge on any atom is -0.460 e. The summed E-state index contributed by atoms with van der Waals surface area (Å²) < 4.78 is 5.02. The summed E-state index contributed by atoms with van der Waals surface area (Å²) in [5.74, 6) is -0.510. The van der Waals surface area contributed by atoms with Gasteiger partial charge in [-0.1, -0.05) is 58.3 Å². The average Bonchev–Trinajstić information content (AvgIpc) is 2.95. The third kappa shape index (κ3) is 7.54. The molecule has 0 radical (unpaired) electrons. The van der Waals surface area contributed by atoms with E-state index in [1.165, 1.54) is 44.9 Å². The number of carbonyl (C=O) groups is 1. The zero-order chi connectivity index (χ0) is 13.8.